The first kappa shape index (κ1) is 17.4. The van der Waals surface area contributed by atoms with Crippen molar-refractivity contribution in [1.82, 2.24) is 4.98 Å². The molecule has 5 aromatic rings. The Morgan fingerprint density at radius 1 is 0.793 bits per heavy atom. The summed E-state index contributed by atoms with van der Waals surface area (Å²) in [6, 6.07) is 20.6. The third-order valence-corrected chi connectivity index (χ3v) is 5.21. The van der Waals surface area contributed by atoms with Crippen molar-refractivity contribution in [3.63, 3.8) is 0 Å². The van der Waals surface area contributed by atoms with E-state index in [4.69, 9.17) is 9.47 Å². The molecule has 5 rings (SSSR count). The molecule has 0 saturated carbocycles. The van der Waals surface area contributed by atoms with E-state index in [1.165, 1.54) is 0 Å². The normalized spacial score (nSPS) is 11.5. The molecule has 0 amide bonds. The number of aromatic nitrogens is 1. The Morgan fingerprint density at radius 3 is 2.41 bits per heavy atom. The van der Waals surface area contributed by atoms with Gasteiger partial charge in [0.05, 0.1) is 0 Å². The molecule has 29 heavy (non-hydrogen) atoms. The first-order valence-corrected chi connectivity index (χ1v) is 9.27. The molecule has 1 aromatic heterocycles. The minimum atomic E-state index is 0.0921. The van der Waals surface area contributed by atoms with Gasteiger partial charge in [0.25, 0.3) is 0 Å². The molecule has 0 aliphatic heterocycles. The summed E-state index contributed by atoms with van der Waals surface area (Å²) in [7, 11) is 1.56. The van der Waals surface area contributed by atoms with Gasteiger partial charge in [-0.25, -0.2) is 0 Å². The van der Waals surface area contributed by atoms with Gasteiger partial charge in [-0.2, -0.15) is 0 Å². The van der Waals surface area contributed by atoms with Gasteiger partial charge in [-0.3, -0.25) is 0 Å². The number of hydrogen-bond acceptors (Lipinski definition) is 4. The lowest BCUT2D eigenvalue weighted by Crippen LogP contribution is -1.98. The summed E-state index contributed by atoms with van der Waals surface area (Å²) in [4.78, 5) is 3.39. The van der Waals surface area contributed by atoms with Gasteiger partial charge in [-0.15, -0.1) is 0 Å². The van der Waals surface area contributed by atoms with Gasteiger partial charge in [-0.05, 0) is 47.2 Å². The first-order valence-electron chi connectivity index (χ1n) is 9.27. The first-order chi connectivity index (χ1) is 14.2. The summed E-state index contributed by atoms with van der Waals surface area (Å²) in [5.41, 5.74) is 3.02. The molecule has 5 nitrogen and oxygen atoms in total. The zero-order chi connectivity index (χ0) is 20.0. The van der Waals surface area contributed by atoms with Crippen molar-refractivity contribution in [2.45, 2.75) is 0 Å². The van der Waals surface area contributed by atoms with E-state index in [2.05, 4.69) is 4.98 Å². The Kier molecular flexibility index (Phi) is 4.03. The van der Waals surface area contributed by atoms with Crippen LogP contribution in [-0.4, -0.2) is 29.1 Å². The molecule has 3 N–H and O–H groups in total. The zero-order valence-corrected chi connectivity index (χ0v) is 15.8. The van der Waals surface area contributed by atoms with Gasteiger partial charge < -0.3 is 24.7 Å². The van der Waals surface area contributed by atoms with E-state index in [0.717, 1.165) is 32.6 Å². The van der Waals surface area contributed by atoms with Crippen molar-refractivity contribution in [1.29, 1.82) is 0 Å². The number of para-hydroxylation sites is 1. The second-order valence-corrected chi connectivity index (χ2v) is 6.95. The van der Waals surface area contributed by atoms with Gasteiger partial charge in [0.2, 0.25) is 0 Å². The SMILES string of the molecule is COCOc1ccc2ccc(O)c(-c3c(O)ccc4[nH]c5ccccc5c34)c2c1. The Labute approximate surface area is 166 Å². The number of ether oxygens (including phenoxy) is 2. The van der Waals surface area contributed by atoms with Gasteiger partial charge in [0, 0.05) is 40.0 Å². The van der Waals surface area contributed by atoms with Gasteiger partial charge in [0.15, 0.2) is 6.79 Å². The lowest BCUT2D eigenvalue weighted by atomic mass is 9.93. The quantitative estimate of drug-likeness (QED) is 0.355. The number of phenolic OH excluding ortho intramolecular Hbond substituents is 2. The van der Waals surface area contributed by atoms with Crippen LogP contribution in [0.3, 0.4) is 0 Å². The van der Waals surface area contributed by atoms with Crippen molar-refractivity contribution >= 4 is 32.6 Å². The molecule has 4 aromatic carbocycles. The van der Waals surface area contributed by atoms with Crippen LogP contribution in [-0.2, 0) is 4.74 Å². The molecule has 0 atom stereocenters. The van der Waals surface area contributed by atoms with Gasteiger partial charge in [-0.1, -0.05) is 30.3 Å². The number of benzene rings is 4. The molecule has 0 saturated heterocycles. The highest BCUT2D eigenvalue weighted by molar-refractivity contribution is 6.19. The topological polar surface area (TPSA) is 74.7 Å². The summed E-state index contributed by atoms with van der Waals surface area (Å²) in [6.07, 6.45) is 0. The number of rotatable bonds is 4. The summed E-state index contributed by atoms with van der Waals surface area (Å²) < 4.78 is 10.6. The van der Waals surface area contributed by atoms with Crippen LogP contribution in [0.15, 0.2) is 66.7 Å². The number of fused-ring (bicyclic) bond motifs is 4. The monoisotopic (exact) mass is 385 g/mol. The largest absolute Gasteiger partial charge is 0.507 e. The maximum absolute atomic E-state index is 10.9. The third kappa shape index (κ3) is 2.75. The molecule has 144 valence electrons. The smallest absolute Gasteiger partial charge is 0.188 e. The minimum Gasteiger partial charge on any atom is -0.507 e. The molecule has 1 heterocycles. The van der Waals surface area contributed by atoms with E-state index < -0.39 is 0 Å². The van der Waals surface area contributed by atoms with Crippen LogP contribution in [0.4, 0.5) is 0 Å². The number of methoxy groups -OCH3 is 1. The van der Waals surface area contributed by atoms with E-state index in [0.29, 0.717) is 16.9 Å². The summed E-state index contributed by atoms with van der Waals surface area (Å²) in [6.45, 7) is 0.128. The van der Waals surface area contributed by atoms with Crippen molar-refractivity contribution in [2.24, 2.45) is 0 Å². The molecule has 0 radical (unpaired) electrons. The van der Waals surface area contributed by atoms with Crippen molar-refractivity contribution < 1.29 is 19.7 Å². The Hall–Kier alpha value is -3.70. The molecule has 0 aliphatic rings. The van der Waals surface area contributed by atoms with Crippen LogP contribution in [0.5, 0.6) is 17.2 Å². The fourth-order valence-corrected chi connectivity index (χ4v) is 3.95. The minimum absolute atomic E-state index is 0.0921. The fourth-order valence-electron chi connectivity index (χ4n) is 3.95. The Morgan fingerprint density at radius 2 is 1.55 bits per heavy atom. The summed E-state index contributed by atoms with van der Waals surface area (Å²) in [5, 5.41) is 25.3. The average Bonchev–Trinajstić information content (AvgIpc) is 3.11. The van der Waals surface area contributed by atoms with Crippen molar-refractivity contribution in [3.05, 3.63) is 66.7 Å². The van der Waals surface area contributed by atoms with Gasteiger partial charge in [0.1, 0.15) is 17.2 Å². The molecular formula is C24H19NO4. The van der Waals surface area contributed by atoms with Crippen LogP contribution in [0.1, 0.15) is 0 Å². The Balaban J connectivity index is 1.89. The highest BCUT2D eigenvalue weighted by atomic mass is 16.7. The highest BCUT2D eigenvalue weighted by Gasteiger charge is 2.19. The standard InChI is InChI=1S/C24H19NO4/c1-28-13-29-15-8-6-14-7-10-20(26)23(17(14)12-15)24-21(27)11-9-19-22(24)16-4-2-3-5-18(16)25-19/h2-12,25-27H,13H2,1H3. The average molecular weight is 385 g/mol. The number of phenols is 2. The molecular weight excluding hydrogens is 366 g/mol. The number of nitrogens with one attached hydrogen (secondary N) is 1. The summed E-state index contributed by atoms with van der Waals surface area (Å²) >= 11 is 0. The summed E-state index contributed by atoms with van der Waals surface area (Å²) in [5.74, 6) is 0.819. The van der Waals surface area contributed by atoms with E-state index in [-0.39, 0.29) is 18.3 Å². The molecule has 0 fully saturated rings. The van der Waals surface area contributed by atoms with E-state index in [1.54, 1.807) is 19.2 Å². The maximum atomic E-state index is 10.9. The lowest BCUT2D eigenvalue weighted by molar-refractivity contribution is 0.0512. The van der Waals surface area contributed by atoms with Crippen molar-refractivity contribution in [3.8, 4) is 28.4 Å². The number of hydrogen-bond donors (Lipinski definition) is 3. The predicted molar refractivity (Wildman–Crippen MR) is 115 cm³/mol. The van der Waals surface area contributed by atoms with Crippen LogP contribution < -0.4 is 4.74 Å². The third-order valence-electron chi connectivity index (χ3n) is 5.21. The lowest BCUT2D eigenvalue weighted by Gasteiger charge is -2.14. The Bertz CT molecular complexity index is 1370. The van der Waals surface area contributed by atoms with Crippen molar-refractivity contribution in [2.75, 3.05) is 13.9 Å². The fraction of sp³-hybridized carbons (Fsp3) is 0.0833. The molecule has 5 heteroatoms. The van der Waals surface area contributed by atoms with Crippen LogP contribution in [0.2, 0.25) is 0 Å². The van der Waals surface area contributed by atoms with Crippen LogP contribution in [0, 0.1) is 0 Å². The predicted octanol–water partition coefficient (Wildman–Crippen LogP) is 5.54. The van der Waals surface area contributed by atoms with E-state index in [1.807, 2.05) is 54.6 Å². The number of aromatic amines is 1. The molecule has 0 spiro atoms. The second kappa shape index (κ2) is 6.72. The zero-order valence-electron chi connectivity index (χ0n) is 15.8. The molecule has 0 aliphatic carbocycles. The number of aromatic hydroxyl groups is 2. The maximum Gasteiger partial charge on any atom is 0.188 e. The number of H-pyrrole nitrogens is 1. The van der Waals surface area contributed by atoms with E-state index in [9.17, 15) is 10.2 Å². The van der Waals surface area contributed by atoms with Crippen LogP contribution >= 0.6 is 0 Å². The van der Waals surface area contributed by atoms with Crippen LogP contribution in [0.25, 0.3) is 43.7 Å². The second-order valence-electron chi connectivity index (χ2n) is 6.95. The molecule has 0 unspecified atom stereocenters. The molecule has 0 bridgehead atoms. The van der Waals surface area contributed by atoms with E-state index >= 15 is 0 Å². The van der Waals surface area contributed by atoms with Gasteiger partial charge >= 0.3 is 0 Å². The highest BCUT2D eigenvalue weighted by Crippen LogP contribution is 2.47.